The Morgan fingerprint density at radius 1 is 0.958 bits per heavy atom. The first kappa shape index (κ1) is 22.6. The third-order valence-corrected chi connectivity index (χ3v) is 4.16. The van der Waals surface area contributed by atoms with Crippen molar-refractivity contribution in [3.05, 3.63) is 12.2 Å². The van der Waals surface area contributed by atoms with Crippen LogP contribution in [0.1, 0.15) is 64.7 Å². The van der Waals surface area contributed by atoms with Gasteiger partial charge < -0.3 is 19.1 Å². The molecule has 5 nitrogen and oxygen atoms in total. The van der Waals surface area contributed by atoms with Crippen molar-refractivity contribution in [1.82, 2.24) is 0 Å². The molecule has 0 saturated carbocycles. The van der Waals surface area contributed by atoms with Crippen LogP contribution in [0.4, 0.5) is 0 Å². The highest BCUT2D eigenvalue weighted by Crippen LogP contribution is 2.14. The molecule has 0 fully saturated rings. The topological polar surface area (TPSA) is 66.4 Å². The molecule has 0 rings (SSSR count). The van der Waals surface area contributed by atoms with Crippen molar-refractivity contribution in [2.45, 2.75) is 70.8 Å². The first-order valence-corrected chi connectivity index (χ1v) is 9.01. The summed E-state index contributed by atoms with van der Waals surface area (Å²) in [6, 6.07) is -0.424. The first-order chi connectivity index (χ1) is 11.2. The summed E-state index contributed by atoms with van der Waals surface area (Å²) in [7, 11) is 5.69. The van der Waals surface area contributed by atoms with Crippen LogP contribution in [0.3, 0.4) is 0 Å². The standard InChI is InChI=1S/C19H35NO4/c1-16(2)19(23)24-15-13-11-9-7-6-8-10-12-14-17(18(21)22)20(3,4)5/h17H,1,6-15H2,2-5H3. The first-order valence-electron chi connectivity index (χ1n) is 9.01. The second-order valence-corrected chi connectivity index (χ2v) is 7.48. The van der Waals surface area contributed by atoms with Crippen LogP contribution in [0.25, 0.3) is 0 Å². The van der Waals surface area contributed by atoms with Gasteiger partial charge in [0.25, 0.3) is 0 Å². The molecule has 1 unspecified atom stereocenters. The van der Waals surface area contributed by atoms with Crippen LogP contribution in [0.5, 0.6) is 0 Å². The Labute approximate surface area is 147 Å². The third kappa shape index (κ3) is 11.2. The number of carboxylic acids is 1. The van der Waals surface area contributed by atoms with E-state index < -0.39 is 12.0 Å². The number of nitrogens with zero attached hydrogens (tertiary/aromatic N) is 1. The third-order valence-electron chi connectivity index (χ3n) is 4.16. The van der Waals surface area contributed by atoms with E-state index in [-0.39, 0.29) is 5.97 Å². The molecule has 0 N–H and O–H groups in total. The van der Waals surface area contributed by atoms with Crippen LogP contribution in [-0.4, -0.2) is 50.2 Å². The second-order valence-electron chi connectivity index (χ2n) is 7.48. The van der Waals surface area contributed by atoms with Gasteiger partial charge in [0.05, 0.1) is 33.7 Å². The Balaban J connectivity index is 3.50. The molecule has 0 aromatic carbocycles. The molecule has 0 saturated heterocycles. The molecule has 140 valence electrons. The van der Waals surface area contributed by atoms with Crippen molar-refractivity contribution in [3.63, 3.8) is 0 Å². The molecule has 0 aliphatic carbocycles. The SMILES string of the molecule is C=C(C)C(=O)OCCCCCCCCCCC(C(=O)[O-])[N+](C)(C)C. The highest BCUT2D eigenvalue weighted by Gasteiger charge is 2.24. The minimum atomic E-state index is -0.949. The van der Waals surface area contributed by atoms with Gasteiger partial charge in [0.1, 0.15) is 6.04 Å². The molecular weight excluding hydrogens is 306 g/mol. The number of ether oxygens (including phenoxy) is 1. The number of esters is 1. The predicted octanol–water partition coefficient (Wildman–Crippen LogP) is 2.44. The Bertz CT molecular complexity index is 399. The number of quaternary nitrogens is 1. The lowest BCUT2D eigenvalue weighted by Crippen LogP contribution is -2.54. The van der Waals surface area contributed by atoms with Crippen molar-refractivity contribution >= 4 is 11.9 Å². The van der Waals surface area contributed by atoms with E-state index in [9.17, 15) is 14.7 Å². The van der Waals surface area contributed by atoms with Crippen molar-refractivity contribution < 1.29 is 23.9 Å². The van der Waals surface area contributed by atoms with Crippen LogP contribution < -0.4 is 5.11 Å². The van der Waals surface area contributed by atoms with E-state index in [2.05, 4.69) is 6.58 Å². The summed E-state index contributed by atoms with van der Waals surface area (Å²) in [5.41, 5.74) is 0.446. The summed E-state index contributed by atoms with van der Waals surface area (Å²) in [6.07, 6.45) is 9.28. The number of unbranched alkanes of at least 4 members (excludes halogenated alkanes) is 7. The smallest absolute Gasteiger partial charge is 0.333 e. The maximum Gasteiger partial charge on any atom is 0.333 e. The van der Waals surface area contributed by atoms with Crippen LogP contribution in [0.15, 0.2) is 12.2 Å². The monoisotopic (exact) mass is 341 g/mol. The Kier molecular flexibility index (Phi) is 11.4. The summed E-state index contributed by atoms with van der Waals surface area (Å²) in [5, 5.41) is 11.2. The zero-order valence-corrected chi connectivity index (χ0v) is 15.9. The zero-order chi connectivity index (χ0) is 18.6. The average molecular weight is 341 g/mol. The van der Waals surface area contributed by atoms with Crippen LogP contribution in [0, 0.1) is 0 Å². The fraction of sp³-hybridized carbons (Fsp3) is 0.789. The molecule has 0 aromatic heterocycles. The van der Waals surface area contributed by atoms with Gasteiger partial charge in [0.2, 0.25) is 0 Å². The number of aliphatic carboxylic acids is 1. The second kappa shape index (κ2) is 12.1. The van der Waals surface area contributed by atoms with E-state index in [0.29, 0.717) is 23.1 Å². The minimum absolute atomic E-state index is 0.307. The molecule has 0 heterocycles. The lowest BCUT2D eigenvalue weighted by atomic mass is 10.0. The predicted molar refractivity (Wildman–Crippen MR) is 94.2 cm³/mol. The van der Waals surface area contributed by atoms with Crippen LogP contribution in [-0.2, 0) is 14.3 Å². The minimum Gasteiger partial charge on any atom is -0.544 e. The number of carbonyl (C=O) groups excluding carboxylic acids is 2. The van der Waals surface area contributed by atoms with Crippen molar-refractivity contribution in [3.8, 4) is 0 Å². The van der Waals surface area contributed by atoms with E-state index in [0.717, 1.165) is 38.5 Å². The van der Waals surface area contributed by atoms with Crippen LogP contribution in [0.2, 0.25) is 0 Å². The van der Waals surface area contributed by atoms with Gasteiger partial charge >= 0.3 is 5.97 Å². The fourth-order valence-electron chi connectivity index (χ4n) is 2.61. The Hall–Kier alpha value is -1.36. The van der Waals surface area contributed by atoms with Crippen molar-refractivity contribution in [2.75, 3.05) is 27.7 Å². The van der Waals surface area contributed by atoms with Crippen molar-refractivity contribution in [1.29, 1.82) is 0 Å². The lowest BCUT2D eigenvalue weighted by Gasteiger charge is -2.34. The van der Waals surface area contributed by atoms with Gasteiger partial charge in [-0.2, -0.15) is 0 Å². The highest BCUT2D eigenvalue weighted by molar-refractivity contribution is 5.86. The number of likely N-dealkylation sites (N-methyl/N-ethyl adjacent to an activating group) is 1. The fourth-order valence-corrected chi connectivity index (χ4v) is 2.61. The Morgan fingerprint density at radius 3 is 1.83 bits per heavy atom. The molecule has 0 aliphatic heterocycles. The average Bonchev–Trinajstić information content (AvgIpc) is 2.46. The molecular formula is C19H35NO4. The molecule has 0 aliphatic rings. The molecule has 0 spiro atoms. The van der Waals surface area contributed by atoms with Gasteiger partial charge in [-0.15, -0.1) is 0 Å². The normalized spacial score (nSPS) is 12.7. The summed E-state index contributed by atoms with van der Waals surface area (Å²) in [6.45, 7) is 5.67. The van der Waals surface area contributed by atoms with E-state index in [4.69, 9.17) is 4.74 Å². The van der Waals surface area contributed by atoms with Gasteiger partial charge in [-0.25, -0.2) is 4.79 Å². The summed E-state index contributed by atoms with van der Waals surface area (Å²) in [4.78, 5) is 22.3. The van der Waals surface area contributed by atoms with Gasteiger partial charge in [0.15, 0.2) is 0 Å². The lowest BCUT2D eigenvalue weighted by molar-refractivity contribution is -0.889. The molecule has 0 radical (unpaired) electrons. The van der Waals surface area contributed by atoms with Crippen LogP contribution >= 0.6 is 0 Å². The van der Waals surface area contributed by atoms with E-state index in [1.54, 1.807) is 6.92 Å². The molecule has 0 aromatic rings. The molecule has 0 bridgehead atoms. The molecule has 0 amide bonds. The van der Waals surface area contributed by atoms with E-state index in [1.165, 1.54) is 12.8 Å². The van der Waals surface area contributed by atoms with Crippen molar-refractivity contribution in [2.24, 2.45) is 0 Å². The number of hydrogen-bond donors (Lipinski definition) is 0. The summed E-state index contributed by atoms with van der Waals surface area (Å²) in [5.74, 6) is -1.26. The van der Waals surface area contributed by atoms with Gasteiger partial charge in [-0.05, 0) is 19.8 Å². The molecule has 24 heavy (non-hydrogen) atoms. The Morgan fingerprint density at radius 2 is 1.42 bits per heavy atom. The number of carbonyl (C=O) groups is 2. The maximum absolute atomic E-state index is 11.2. The number of carboxylic acid groups (broad SMARTS) is 1. The highest BCUT2D eigenvalue weighted by atomic mass is 16.5. The maximum atomic E-state index is 11.2. The molecule has 1 atom stereocenters. The number of hydrogen-bond acceptors (Lipinski definition) is 4. The van der Waals surface area contributed by atoms with Gasteiger partial charge in [-0.3, -0.25) is 0 Å². The van der Waals surface area contributed by atoms with E-state index in [1.807, 2.05) is 21.1 Å². The quantitative estimate of drug-likeness (QED) is 0.211. The summed E-state index contributed by atoms with van der Waals surface area (Å²) >= 11 is 0. The van der Waals surface area contributed by atoms with E-state index >= 15 is 0 Å². The molecule has 5 heteroatoms. The van der Waals surface area contributed by atoms with Gasteiger partial charge in [0, 0.05) is 12.0 Å². The largest absolute Gasteiger partial charge is 0.544 e. The number of rotatable bonds is 14. The summed E-state index contributed by atoms with van der Waals surface area (Å²) < 4.78 is 5.45. The zero-order valence-electron chi connectivity index (χ0n) is 15.9. The van der Waals surface area contributed by atoms with Gasteiger partial charge in [-0.1, -0.05) is 45.1 Å².